The third-order valence-electron chi connectivity index (χ3n) is 3.00. The highest BCUT2D eigenvalue weighted by molar-refractivity contribution is 5.64. The minimum Gasteiger partial charge on any atom is -0.236 e. The molecule has 2 aromatic carbocycles. The van der Waals surface area contributed by atoms with Gasteiger partial charge in [-0.15, -0.1) is 0 Å². The van der Waals surface area contributed by atoms with Crippen LogP contribution in [0.3, 0.4) is 0 Å². The van der Waals surface area contributed by atoms with Gasteiger partial charge in [-0.05, 0) is 18.2 Å². The van der Waals surface area contributed by atoms with Crippen LogP contribution in [0.2, 0.25) is 0 Å². The van der Waals surface area contributed by atoms with E-state index in [0.717, 1.165) is 6.07 Å². The van der Waals surface area contributed by atoms with Crippen molar-refractivity contribution in [3.63, 3.8) is 0 Å². The van der Waals surface area contributed by atoms with Crippen LogP contribution in [0.4, 0.5) is 13.2 Å². The Balaban J connectivity index is 2.00. The molecule has 0 spiro atoms. The minimum atomic E-state index is -0.945. The molecule has 0 amide bonds. The predicted molar refractivity (Wildman–Crippen MR) is 72.8 cm³/mol. The summed E-state index contributed by atoms with van der Waals surface area (Å²) in [4.78, 5) is 8.14. The van der Waals surface area contributed by atoms with E-state index in [4.69, 9.17) is 0 Å². The van der Waals surface area contributed by atoms with Gasteiger partial charge in [0.2, 0.25) is 0 Å². The Morgan fingerprint density at radius 3 is 2.19 bits per heavy atom. The lowest BCUT2D eigenvalue weighted by Crippen LogP contribution is -1.93. The van der Waals surface area contributed by atoms with Crippen molar-refractivity contribution in [3.8, 4) is 22.5 Å². The van der Waals surface area contributed by atoms with Crippen LogP contribution in [-0.2, 0) is 0 Å². The largest absolute Gasteiger partial charge is 0.236 e. The SMILES string of the molecule is Fc1cccc(-c2ncc(-c3cccc(F)c3F)cn2)c1. The lowest BCUT2D eigenvalue weighted by molar-refractivity contribution is 0.511. The van der Waals surface area contributed by atoms with Crippen molar-refractivity contribution >= 4 is 0 Å². The van der Waals surface area contributed by atoms with Crippen molar-refractivity contribution in [3.05, 3.63) is 72.3 Å². The highest BCUT2D eigenvalue weighted by Gasteiger charge is 2.11. The van der Waals surface area contributed by atoms with Gasteiger partial charge < -0.3 is 0 Å². The molecule has 1 heterocycles. The Bertz CT molecular complexity index is 786. The highest BCUT2D eigenvalue weighted by Crippen LogP contribution is 2.24. The maximum absolute atomic E-state index is 13.7. The van der Waals surface area contributed by atoms with Crippen LogP contribution in [0.15, 0.2) is 54.9 Å². The fraction of sp³-hybridized carbons (Fsp3) is 0. The maximum atomic E-state index is 13.7. The standard InChI is InChI=1S/C16H9F3N2/c17-12-4-1-3-10(7-12)16-20-8-11(9-21-16)13-5-2-6-14(18)15(13)19/h1-9H. The molecule has 0 fully saturated rings. The molecule has 0 saturated carbocycles. The molecule has 0 radical (unpaired) electrons. The quantitative estimate of drug-likeness (QED) is 0.704. The third kappa shape index (κ3) is 2.63. The van der Waals surface area contributed by atoms with E-state index in [-0.39, 0.29) is 5.56 Å². The minimum absolute atomic E-state index is 0.0841. The third-order valence-corrected chi connectivity index (χ3v) is 3.00. The Morgan fingerprint density at radius 2 is 1.48 bits per heavy atom. The summed E-state index contributed by atoms with van der Waals surface area (Å²) in [6.45, 7) is 0. The molecule has 104 valence electrons. The molecule has 0 saturated heterocycles. The van der Waals surface area contributed by atoms with Crippen LogP contribution in [-0.4, -0.2) is 9.97 Å². The van der Waals surface area contributed by atoms with Gasteiger partial charge in [-0.2, -0.15) is 0 Å². The average Bonchev–Trinajstić information content (AvgIpc) is 2.50. The second kappa shape index (κ2) is 5.36. The summed E-state index contributed by atoms with van der Waals surface area (Å²) in [5, 5.41) is 0. The molecule has 0 bridgehead atoms. The van der Waals surface area contributed by atoms with E-state index >= 15 is 0 Å². The number of halogens is 3. The van der Waals surface area contributed by atoms with Crippen LogP contribution in [0, 0.1) is 17.5 Å². The molecule has 5 heteroatoms. The molecule has 21 heavy (non-hydrogen) atoms. The lowest BCUT2D eigenvalue weighted by atomic mass is 10.1. The molecule has 3 aromatic rings. The normalized spacial score (nSPS) is 10.6. The molecule has 1 aromatic heterocycles. The van der Waals surface area contributed by atoms with Gasteiger partial charge in [0.15, 0.2) is 17.5 Å². The van der Waals surface area contributed by atoms with Crippen LogP contribution in [0.5, 0.6) is 0 Å². The van der Waals surface area contributed by atoms with E-state index in [1.165, 1.54) is 36.7 Å². The average molecular weight is 286 g/mol. The number of rotatable bonds is 2. The molecule has 0 unspecified atom stereocenters. The van der Waals surface area contributed by atoms with Crippen molar-refractivity contribution in [2.45, 2.75) is 0 Å². The zero-order valence-electron chi connectivity index (χ0n) is 10.7. The van der Waals surface area contributed by atoms with E-state index in [0.29, 0.717) is 17.0 Å². The molecule has 0 aliphatic heterocycles. The number of hydrogen-bond acceptors (Lipinski definition) is 2. The number of hydrogen-bond donors (Lipinski definition) is 0. The van der Waals surface area contributed by atoms with Crippen LogP contribution in [0.25, 0.3) is 22.5 Å². The molecule has 0 N–H and O–H groups in total. The van der Waals surface area contributed by atoms with E-state index in [9.17, 15) is 13.2 Å². The van der Waals surface area contributed by atoms with E-state index in [1.807, 2.05) is 0 Å². The summed E-state index contributed by atoms with van der Waals surface area (Å²) >= 11 is 0. The smallest absolute Gasteiger partial charge is 0.166 e. The molecule has 2 nitrogen and oxygen atoms in total. The molecular formula is C16H9F3N2. The Labute approximate surface area is 118 Å². The van der Waals surface area contributed by atoms with Crippen molar-refractivity contribution < 1.29 is 13.2 Å². The molecule has 0 aliphatic rings. The lowest BCUT2D eigenvalue weighted by Gasteiger charge is -2.05. The first-order chi connectivity index (χ1) is 10.1. The van der Waals surface area contributed by atoms with Gasteiger partial charge >= 0.3 is 0 Å². The van der Waals surface area contributed by atoms with Crippen LogP contribution < -0.4 is 0 Å². The first kappa shape index (κ1) is 13.3. The summed E-state index contributed by atoms with van der Waals surface area (Å²) < 4.78 is 40.0. The maximum Gasteiger partial charge on any atom is 0.166 e. The van der Waals surface area contributed by atoms with Gasteiger partial charge in [0.25, 0.3) is 0 Å². The molecule has 3 rings (SSSR count). The van der Waals surface area contributed by atoms with Crippen molar-refractivity contribution in [2.75, 3.05) is 0 Å². The second-order valence-electron chi connectivity index (χ2n) is 4.41. The van der Waals surface area contributed by atoms with Crippen molar-refractivity contribution in [1.82, 2.24) is 9.97 Å². The van der Waals surface area contributed by atoms with Gasteiger partial charge in [0, 0.05) is 29.1 Å². The summed E-state index contributed by atoms with van der Waals surface area (Å²) in [5.41, 5.74) is 0.953. The first-order valence-corrected chi connectivity index (χ1v) is 6.17. The molecule has 0 atom stereocenters. The van der Waals surface area contributed by atoms with Crippen molar-refractivity contribution in [1.29, 1.82) is 0 Å². The van der Waals surface area contributed by atoms with Crippen LogP contribution >= 0.6 is 0 Å². The molecule has 0 aliphatic carbocycles. The van der Waals surface area contributed by atoms with Gasteiger partial charge in [0.05, 0.1) is 0 Å². The Kier molecular flexibility index (Phi) is 3.39. The first-order valence-electron chi connectivity index (χ1n) is 6.17. The summed E-state index contributed by atoms with van der Waals surface area (Å²) in [7, 11) is 0. The number of aromatic nitrogens is 2. The highest BCUT2D eigenvalue weighted by atomic mass is 19.2. The van der Waals surface area contributed by atoms with Gasteiger partial charge in [-0.25, -0.2) is 23.1 Å². The van der Waals surface area contributed by atoms with Crippen LogP contribution in [0.1, 0.15) is 0 Å². The van der Waals surface area contributed by atoms with E-state index in [2.05, 4.69) is 9.97 Å². The zero-order chi connectivity index (χ0) is 14.8. The summed E-state index contributed by atoms with van der Waals surface area (Å²) in [6, 6.07) is 9.74. The summed E-state index contributed by atoms with van der Waals surface area (Å²) in [6.07, 6.45) is 2.76. The topological polar surface area (TPSA) is 25.8 Å². The Hall–Kier alpha value is -2.69. The molecular weight excluding hydrogens is 277 g/mol. The van der Waals surface area contributed by atoms with Gasteiger partial charge in [0.1, 0.15) is 5.82 Å². The van der Waals surface area contributed by atoms with E-state index < -0.39 is 17.5 Å². The fourth-order valence-corrected chi connectivity index (χ4v) is 1.97. The summed E-state index contributed by atoms with van der Waals surface area (Å²) in [5.74, 6) is -1.95. The fourth-order valence-electron chi connectivity index (χ4n) is 1.97. The van der Waals surface area contributed by atoms with E-state index in [1.54, 1.807) is 12.1 Å². The number of nitrogens with zero attached hydrogens (tertiary/aromatic N) is 2. The number of benzene rings is 2. The predicted octanol–water partition coefficient (Wildman–Crippen LogP) is 4.23. The van der Waals surface area contributed by atoms with Crippen molar-refractivity contribution in [2.24, 2.45) is 0 Å². The van der Waals surface area contributed by atoms with Gasteiger partial charge in [-0.3, -0.25) is 0 Å². The zero-order valence-corrected chi connectivity index (χ0v) is 10.7. The van der Waals surface area contributed by atoms with Gasteiger partial charge in [-0.1, -0.05) is 24.3 Å². The monoisotopic (exact) mass is 286 g/mol. The second-order valence-corrected chi connectivity index (χ2v) is 4.41. The Morgan fingerprint density at radius 1 is 0.762 bits per heavy atom.